The predicted molar refractivity (Wildman–Crippen MR) is 59.0 cm³/mol. The topological polar surface area (TPSA) is 56.0 Å². The van der Waals surface area contributed by atoms with Gasteiger partial charge in [0.25, 0.3) is 5.89 Å². The lowest BCUT2D eigenvalue weighted by Crippen LogP contribution is -1.93. The van der Waals surface area contributed by atoms with Crippen LogP contribution in [0.15, 0.2) is 22.7 Å². The minimum Gasteiger partial charge on any atom is -0.331 e. The van der Waals surface area contributed by atoms with Crippen molar-refractivity contribution in [2.75, 3.05) is 0 Å². The van der Waals surface area contributed by atoms with Crippen molar-refractivity contribution in [3.63, 3.8) is 0 Å². The summed E-state index contributed by atoms with van der Waals surface area (Å²) >= 11 is 12.0. The number of aromatic nitrogens is 2. The lowest BCUT2D eigenvalue weighted by molar-refractivity contribution is 0.108. The van der Waals surface area contributed by atoms with E-state index < -0.39 is 0 Å². The zero-order valence-corrected chi connectivity index (χ0v) is 9.50. The van der Waals surface area contributed by atoms with Crippen molar-refractivity contribution in [3.8, 4) is 0 Å². The van der Waals surface area contributed by atoms with Gasteiger partial charge in [0.15, 0.2) is 5.82 Å². The lowest BCUT2D eigenvalue weighted by atomic mass is 10.1. The number of nitrogens with zero attached hydrogens (tertiary/aromatic N) is 2. The van der Waals surface area contributed by atoms with Crippen LogP contribution >= 0.6 is 23.2 Å². The Morgan fingerprint density at radius 3 is 2.56 bits per heavy atom. The third-order valence-corrected chi connectivity index (χ3v) is 2.69. The molecule has 0 atom stereocenters. The zero-order chi connectivity index (χ0) is 11.5. The van der Waals surface area contributed by atoms with Crippen LogP contribution in [0.1, 0.15) is 22.1 Å². The summed E-state index contributed by atoms with van der Waals surface area (Å²) in [5, 5.41) is 4.69. The quantitative estimate of drug-likeness (QED) is 0.793. The molecule has 16 heavy (non-hydrogen) atoms. The largest absolute Gasteiger partial charge is 0.331 e. The van der Waals surface area contributed by atoms with E-state index in [0.717, 1.165) is 0 Å². The Morgan fingerprint density at radius 1 is 1.31 bits per heavy atom. The normalized spacial score (nSPS) is 10.4. The van der Waals surface area contributed by atoms with Crippen molar-refractivity contribution in [2.24, 2.45) is 0 Å². The molecular formula is C10H6Cl2N2O2. The molecule has 2 rings (SSSR count). The number of hydrogen-bond donors (Lipinski definition) is 0. The smallest absolute Gasteiger partial charge is 0.290 e. The van der Waals surface area contributed by atoms with Crippen molar-refractivity contribution >= 4 is 29.5 Å². The molecule has 4 nitrogen and oxygen atoms in total. The van der Waals surface area contributed by atoms with Crippen molar-refractivity contribution in [1.82, 2.24) is 10.1 Å². The SMILES string of the molecule is O=Cc1nc(Cc2c(Cl)cccc2Cl)no1. The number of carbonyl (C=O) groups excluding carboxylic acids is 1. The van der Waals surface area contributed by atoms with Gasteiger partial charge in [0.2, 0.25) is 6.29 Å². The highest BCUT2D eigenvalue weighted by molar-refractivity contribution is 6.36. The standard InChI is InChI=1S/C10H6Cl2N2O2/c11-7-2-1-3-8(12)6(7)4-9-13-10(5-15)16-14-9/h1-3,5H,4H2. The average molecular weight is 257 g/mol. The number of benzene rings is 1. The van der Waals surface area contributed by atoms with Crippen molar-refractivity contribution in [2.45, 2.75) is 6.42 Å². The molecule has 0 unspecified atom stereocenters. The van der Waals surface area contributed by atoms with Crippen LogP contribution in [0, 0.1) is 0 Å². The highest BCUT2D eigenvalue weighted by Gasteiger charge is 2.11. The summed E-state index contributed by atoms with van der Waals surface area (Å²) in [7, 11) is 0. The van der Waals surface area contributed by atoms with Gasteiger partial charge in [-0.3, -0.25) is 4.79 Å². The van der Waals surface area contributed by atoms with Crippen LogP contribution in [-0.2, 0) is 6.42 Å². The van der Waals surface area contributed by atoms with E-state index in [-0.39, 0.29) is 5.89 Å². The molecule has 6 heteroatoms. The van der Waals surface area contributed by atoms with Crippen LogP contribution in [0.4, 0.5) is 0 Å². The summed E-state index contributed by atoms with van der Waals surface area (Å²) in [6.07, 6.45) is 0.820. The number of aldehydes is 1. The van der Waals surface area contributed by atoms with E-state index in [2.05, 4.69) is 14.7 Å². The number of carbonyl (C=O) groups is 1. The average Bonchev–Trinajstić information content (AvgIpc) is 2.71. The maximum Gasteiger partial charge on any atom is 0.290 e. The van der Waals surface area contributed by atoms with Crippen LogP contribution in [-0.4, -0.2) is 16.4 Å². The summed E-state index contributed by atoms with van der Waals surface area (Å²) < 4.78 is 4.65. The van der Waals surface area contributed by atoms with Gasteiger partial charge < -0.3 is 4.52 Å². The van der Waals surface area contributed by atoms with Gasteiger partial charge in [-0.1, -0.05) is 34.4 Å². The van der Waals surface area contributed by atoms with Crippen LogP contribution in [0.5, 0.6) is 0 Å². The third-order valence-electron chi connectivity index (χ3n) is 1.98. The Bertz CT molecular complexity index is 505. The molecule has 0 bridgehead atoms. The minimum atomic E-state index is -0.0572. The van der Waals surface area contributed by atoms with E-state index in [9.17, 15) is 4.79 Å². The van der Waals surface area contributed by atoms with Crippen molar-refractivity contribution in [3.05, 3.63) is 45.5 Å². The van der Waals surface area contributed by atoms with E-state index in [1.807, 2.05) is 0 Å². The number of hydrogen-bond acceptors (Lipinski definition) is 4. The monoisotopic (exact) mass is 256 g/mol. The maximum atomic E-state index is 10.4. The maximum absolute atomic E-state index is 10.4. The summed E-state index contributed by atoms with van der Waals surface area (Å²) in [5.74, 6) is 0.315. The second-order valence-corrected chi connectivity index (χ2v) is 3.86. The van der Waals surface area contributed by atoms with E-state index in [1.165, 1.54) is 0 Å². The number of rotatable bonds is 3. The fraction of sp³-hybridized carbons (Fsp3) is 0.100. The molecule has 82 valence electrons. The Morgan fingerprint density at radius 2 is 2.00 bits per heavy atom. The highest BCUT2D eigenvalue weighted by Crippen LogP contribution is 2.25. The van der Waals surface area contributed by atoms with Crippen molar-refractivity contribution < 1.29 is 9.32 Å². The number of halogens is 2. The summed E-state index contributed by atoms with van der Waals surface area (Å²) in [6.45, 7) is 0. The molecule has 0 amide bonds. The Hall–Kier alpha value is -1.39. The molecular weight excluding hydrogens is 251 g/mol. The molecule has 1 heterocycles. The second-order valence-electron chi connectivity index (χ2n) is 3.04. The molecule has 0 aliphatic rings. The summed E-state index contributed by atoms with van der Waals surface area (Å²) in [6, 6.07) is 5.20. The van der Waals surface area contributed by atoms with E-state index in [0.29, 0.717) is 34.1 Å². The van der Waals surface area contributed by atoms with E-state index in [4.69, 9.17) is 23.2 Å². The van der Waals surface area contributed by atoms with Gasteiger partial charge in [-0.2, -0.15) is 4.98 Å². The molecule has 0 fully saturated rings. The molecule has 1 aromatic carbocycles. The van der Waals surface area contributed by atoms with Gasteiger partial charge in [-0.05, 0) is 17.7 Å². The van der Waals surface area contributed by atoms with E-state index in [1.54, 1.807) is 18.2 Å². The van der Waals surface area contributed by atoms with E-state index >= 15 is 0 Å². The van der Waals surface area contributed by atoms with Crippen LogP contribution < -0.4 is 0 Å². The molecule has 0 saturated heterocycles. The first-order chi connectivity index (χ1) is 7.70. The lowest BCUT2D eigenvalue weighted by Gasteiger charge is -2.02. The Kier molecular flexibility index (Phi) is 3.22. The van der Waals surface area contributed by atoms with Crippen LogP contribution in [0.25, 0.3) is 0 Å². The molecule has 0 aliphatic heterocycles. The molecule has 1 aromatic heterocycles. The van der Waals surface area contributed by atoms with Gasteiger partial charge in [-0.25, -0.2) is 0 Å². The molecule has 0 spiro atoms. The second kappa shape index (κ2) is 4.63. The zero-order valence-electron chi connectivity index (χ0n) is 7.98. The highest BCUT2D eigenvalue weighted by atomic mass is 35.5. The molecule has 0 radical (unpaired) electrons. The first-order valence-electron chi connectivity index (χ1n) is 4.41. The third kappa shape index (κ3) is 2.23. The van der Waals surface area contributed by atoms with Crippen LogP contribution in [0.3, 0.4) is 0 Å². The fourth-order valence-corrected chi connectivity index (χ4v) is 1.78. The molecule has 0 saturated carbocycles. The predicted octanol–water partition coefficient (Wildman–Crippen LogP) is 2.78. The van der Waals surface area contributed by atoms with Crippen molar-refractivity contribution in [1.29, 1.82) is 0 Å². The molecule has 0 N–H and O–H groups in total. The Balaban J connectivity index is 2.29. The summed E-state index contributed by atoms with van der Waals surface area (Å²) in [5.41, 5.74) is 0.712. The molecule has 0 aliphatic carbocycles. The first kappa shape index (κ1) is 11.1. The molecule has 2 aromatic rings. The Labute approximate surface area is 101 Å². The van der Waals surface area contributed by atoms with Crippen LogP contribution in [0.2, 0.25) is 10.0 Å². The van der Waals surface area contributed by atoms with Gasteiger partial charge in [0, 0.05) is 16.5 Å². The van der Waals surface area contributed by atoms with Gasteiger partial charge in [0.1, 0.15) is 0 Å². The van der Waals surface area contributed by atoms with Gasteiger partial charge in [0.05, 0.1) is 0 Å². The minimum absolute atomic E-state index is 0.0572. The first-order valence-corrected chi connectivity index (χ1v) is 5.17. The van der Waals surface area contributed by atoms with Gasteiger partial charge >= 0.3 is 0 Å². The van der Waals surface area contributed by atoms with Gasteiger partial charge in [-0.15, -0.1) is 0 Å². The fourth-order valence-electron chi connectivity index (χ4n) is 1.25. The summed E-state index contributed by atoms with van der Waals surface area (Å²) in [4.78, 5) is 14.2.